The molecule has 0 bridgehead atoms. The predicted molar refractivity (Wildman–Crippen MR) is 75.5 cm³/mol. The summed E-state index contributed by atoms with van der Waals surface area (Å²) in [4.78, 5) is 0. The Bertz CT molecular complexity index is 335. The van der Waals surface area contributed by atoms with Crippen molar-refractivity contribution in [2.75, 3.05) is 6.54 Å². The number of nitrogens with one attached hydrogen (secondary N) is 1. The topological polar surface area (TPSA) is 12.0 Å². The van der Waals surface area contributed by atoms with Gasteiger partial charge in [0.15, 0.2) is 0 Å². The van der Waals surface area contributed by atoms with E-state index in [9.17, 15) is 13.2 Å². The molecule has 2 aliphatic carbocycles. The first kappa shape index (κ1) is 15.9. The first-order valence-corrected chi connectivity index (χ1v) is 8.01. The fourth-order valence-corrected chi connectivity index (χ4v) is 3.79. The van der Waals surface area contributed by atoms with Crippen LogP contribution in [0.15, 0.2) is 11.6 Å². The van der Waals surface area contributed by atoms with Crippen LogP contribution in [0, 0.1) is 11.8 Å². The summed E-state index contributed by atoms with van der Waals surface area (Å²) in [7, 11) is 0. The van der Waals surface area contributed by atoms with Crippen LogP contribution in [0.4, 0.5) is 13.2 Å². The molecule has 0 spiro atoms. The molecule has 3 unspecified atom stereocenters. The first-order valence-electron chi connectivity index (χ1n) is 8.01. The lowest BCUT2D eigenvalue weighted by atomic mass is 9.74. The fraction of sp³-hybridized carbons (Fsp3) is 0.875. The normalized spacial score (nSPS) is 29.9. The number of hydrogen-bond acceptors (Lipinski definition) is 1. The van der Waals surface area contributed by atoms with E-state index in [0.29, 0.717) is 19.3 Å². The Morgan fingerprint density at radius 2 is 2.05 bits per heavy atom. The van der Waals surface area contributed by atoms with Crippen LogP contribution in [0.25, 0.3) is 0 Å². The molecule has 0 heterocycles. The van der Waals surface area contributed by atoms with Crippen molar-refractivity contribution in [3.05, 3.63) is 11.6 Å². The van der Waals surface area contributed by atoms with Crippen molar-refractivity contribution in [3.8, 4) is 0 Å². The minimum absolute atomic E-state index is 0.152. The molecule has 0 saturated heterocycles. The van der Waals surface area contributed by atoms with Crippen LogP contribution in [0.1, 0.15) is 58.3 Å². The summed E-state index contributed by atoms with van der Waals surface area (Å²) in [5.74, 6) is -0.939. The minimum Gasteiger partial charge on any atom is -0.310 e. The number of allylic oxidation sites excluding steroid dienone is 1. The average molecular weight is 289 g/mol. The van der Waals surface area contributed by atoms with E-state index < -0.39 is 12.1 Å². The van der Waals surface area contributed by atoms with E-state index in [2.05, 4.69) is 11.4 Å². The molecule has 2 rings (SSSR count). The highest BCUT2D eigenvalue weighted by atomic mass is 19.4. The van der Waals surface area contributed by atoms with Gasteiger partial charge in [-0.3, -0.25) is 0 Å². The lowest BCUT2D eigenvalue weighted by molar-refractivity contribution is -0.186. The van der Waals surface area contributed by atoms with Crippen molar-refractivity contribution in [2.45, 2.75) is 70.5 Å². The fourth-order valence-electron chi connectivity index (χ4n) is 3.79. The van der Waals surface area contributed by atoms with Crippen LogP contribution in [-0.2, 0) is 0 Å². The zero-order chi connectivity index (χ0) is 14.6. The maximum Gasteiger partial charge on any atom is 0.391 e. The van der Waals surface area contributed by atoms with Gasteiger partial charge >= 0.3 is 6.18 Å². The van der Waals surface area contributed by atoms with Crippen LogP contribution >= 0.6 is 0 Å². The quantitative estimate of drug-likeness (QED) is 0.731. The van der Waals surface area contributed by atoms with Crippen molar-refractivity contribution >= 4 is 0 Å². The van der Waals surface area contributed by atoms with E-state index in [1.807, 2.05) is 6.92 Å². The predicted octanol–water partition coefficient (Wildman–Crippen LogP) is 4.83. The average Bonchev–Trinajstić information content (AvgIpc) is 2.45. The lowest BCUT2D eigenvalue weighted by Crippen LogP contribution is -2.42. The number of rotatable bonds is 4. The molecule has 1 saturated carbocycles. The second kappa shape index (κ2) is 6.97. The monoisotopic (exact) mass is 289 g/mol. The summed E-state index contributed by atoms with van der Waals surface area (Å²) >= 11 is 0. The minimum atomic E-state index is -4.02. The summed E-state index contributed by atoms with van der Waals surface area (Å²) in [6.07, 6.45) is 5.07. The molecule has 1 N–H and O–H groups in total. The Hall–Kier alpha value is -0.510. The molecule has 0 aliphatic heterocycles. The van der Waals surface area contributed by atoms with Crippen LogP contribution in [-0.4, -0.2) is 18.8 Å². The third-order valence-electron chi connectivity index (χ3n) is 4.80. The largest absolute Gasteiger partial charge is 0.391 e. The summed E-state index contributed by atoms with van der Waals surface area (Å²) in [5.41, 5.74) is 1.37. The molecule has 1 fully saturated rings. The molecular weight excluding hydrogens is 263 g/mol. The van der Waals surface area contributed by atoms with Crippen LogP contribution in [0.2, 0.25) is 0 Å². The van der Waals surface area contributed by atoms with E-state index in [1.54, 1.807) is 0 Å². The Labute approximate surface area is 120 Å². The van der Waals surface area contributed by atoms with Gasteiger partial charge in [0.2, 0.25) is 0 Å². The van der Waals surface area contributed by atoms with Crippen molar-refractivity contribution in [2.24, 2.45) is 11.8 Å². The molecule has 0 radical (unpaired) electrons. The molecule has 1 nitrogen and oxygen atoms in total. The highest BCUT2D eigenvalue weighted by Crippen LogP contribution is 2.42. The first-order chi connectivity index (χ1) is 9.52. The molecule has 0 aromatic heterocycles. The van der Waals surface area contributed by atoms with Gasteiger partial charge in [-0.1, -0.05) is 25.0 Å². The molecule has 0 amide bonds. The van der Waals surface area contributed by atoms with Crippen molar-refractivity contribution in [1.82, 2.24) is 5.32 Å². The highest BCUT2D eigenvalue weighted by molar-refractivity contribution is 5.15. The summed E-state index contributed by atoms with van der Waals surface area (Å²) < 4.78 is 38.9. The Morgan fingerprint density at radius 1 is 1.25 bits per heavy atom. The zero-order valence-electron chi connectivity index (χ0n) is 12.3. The molecule has 4 heteroatoms. The Kier molecular flexibility index (Phi) is 5.53. The smallest absolute Gasteiger partial charge is 0.310 e. The Morgan fingerprint density at radius 3 is 2.65 bits per heavy atom. The van der Waals surface area contributed by atoms with Crippen molar-refractivity contribution in [1.29, 1.82) is 0 Å². The molecule has 0 aromatic rings. The number of hydrogen-bond donors (Lipinski definition) is 1. The summed E-state index contributed by atoms with van der Waals surface area (Å²) in [5, 5.41) is 3.46. The number of likely N-dealkylation sites (N-methyl/N-ethyl adjacent to an activating group) is 1. The third-order valence-corrected chi connectivity index (χ3v) is 4.80. The Balaban J connectivity index is 2.06. The van der Waals surface area contributed by atoms with Gasteiger partial charge in [-0.05, 0) is 57.4 Å². The second-order valence-corrected chi connectivity index (χ2v) is 6.23. The molecule has 0 aromatic carbocycles. The van der Waals surface area contributed by atoms with E-state index in [0.717, 1.165) is 25.8 Å². The lowest BCUT2D eigenvalue weighted by Gasteiger charge is -2.37. The maximum absolute atomic E-state index is 13.0. The van der Waals surface area contributed by atoms with Crippen molar-refractivity contribution in [3.63, 3.8) is 0 Å². The van der Waals surface area contributed by atoms with Gasteiger partial charge < -0.3 is 5.32 Å². The van der Waals surface area contributed by atoms with E-state index in [4.69, 9.17) is 0 Å². The standard InChI is InChI=1S/C16H26F3N/c1-2-20-15(12-7-4-3-5-8-12)13-9-6-10-14(11-13)16(17,18)19/h7,13-15,20H,2-6,8-11H2,1H3. The van der Waals surface area contributed by atoms with Crippen LogP contribution in [0.3, 0.4) is 0 Å². The SMILES string of the molecule is CCNC(C1=CCCCC1)C1CCCC(C(F)(F)F)C1. The van der Waals surface area contributed by atoms with E-state index in [-0.39, 0.29) is 12.0 Å². The molecular formula is C16H26F3N. The highest BCUT2D eigenvalue weighted by Gasteiger charge is 2.43. The maximum atomic E-state index is 13.0. The van der Waals surface area contributed by atoms with Gasteiger partial charge in [0.05, 0.1) is 5.92 Å². The van der Waals surface area contributed by atoms with Gasteiger partial charge in [-0.2, -0.15) is 13.2 Å². The van der Waals surface area contributed by atoms with E-state index in [1.165, 1.54) is 18.4 Å². The van der Waals surface area contributed by atoms with Gasteiger partial charge in [0.1, 0.15) is 0 Å². The molecule has 116 valence electrons. The summed E-state index contributed by atoms with van der Waals surface area (Å²) in [6.45, 7) is 2.87. The van der Waals surface area contributed by atoms with Crippen molar-refractivity contribution < 1.29 is 13.2 Å². The third kappa shape index (κ3) is 4.00. The molecule has 20 heavy (non-hydrogen) atoms. The van der Waals surface area contributed by atoms with Gasteiger partial charge in [0.25, 0.3) is 0 Å². The van der Waals surface area contributed by atoms with Gasteiger partial charge in [-0.15, -0.1) is 0 Å². The molecule has 2 aliphatic rings. The van der Waals surface area contributed by atoms with E-state index >= 15 is 0 Å². The summed E-state index contributed by atoms with van der Waals surface area (Å²) in [6, 6.07) is 0.172. The van der Waals surface area contributed by atoms with Crippen LogP contribution < -0.4 is 5.32 Å². The zero-order valence-corrected chi connectivity index (χ0v) is 12.3. The number of alkyl halides is 3. The second-order valence-electron chi connectivity index (χ2n) is 6.23. The van der Waals surface area contributed by atoms with Gasteiger partial charge in [-0.25, -0.2) is 0 Å². The number of halogens is 3. The molecule has 3 atom stereocenters. The van der Waals surface area contributed by atoms with Crippen LogP contribution in [0.5, 0.6) is 0 Å². The van der Waals surface area contributed by atoms with Gasteiger partial charge in [0, 0.05) is 6.04 Å².